The van der Waals surface area contributed by atoms with Gasteiger partial charge in [-0.25, -0.2) is 0 Å². The Morgan fingerprint density at radius 1 is 1.47 bits per heavy atom. The summed E-state index contributed by atoms with van der Waals surface area (Å²) in [4.78, 5) is 2.65. The van der Waals surface area contributed by atoms with Crippen LogP contribution in [-0.4, -0.2) is 30.6 Å². The number of thiocarbonyl (C=S) groups is 1. The molecule has 1 aromatic carbocycles. The quantitative estimate of drug-likeness (QED) is 0.788. The number of hydrogen-bond acceptors (Lipinski definition) is 3. The van der Waals surface area contributed by atoms with Gasteiger partial charge in [0, 0.05) is 6.54 Å². The summed E-state index contributed by atoms with van der Waals surface area (Å²) >= 11 is 5.02. The molecular formula is C13H20N2OS. The van der Waals surface area contributed by atoms with Gasteiger partial charge in [-0.3, -0.25) is 0 Å². The minimum Gasteiger partial charge on any atom is -0.496 e. The first-order chi connectivity index (χ1) is 8.08. The van der Waals surface area contributed by atoms with Crippen LogP contribution in [0.3, 0.4) is 0 Å². The molecule has 0 saturated heterocycles. The number of ether oxygens (including phenoxy) is 1. The molecule has 0 amide bonds. The number of nitrogens with zero attached hydrogens (tertiary/aromatic N) is 1. The maximum absolute atomic E-state index is 5.69. The molecule has 0 radical (unpaired) electrons. The zero-order valence-corrected chi connectivity index (χ0v) is 11.5. The summed E-state index contributed by atoms with van der Waals surface area (Å²) in [6.45, 7) is 4.15. The average Bonchev–Trinajstić information content (AvgIpc) is 2.29. The van der Waals surface area contributed by atoms with E-state index in [1.54, 1.807) is 7.11 Å². The third-order valence-electron chi connectivity index (χ3n) is 2.59. The molecule has 4 heteroatoms. The van der Waals surface area contributed by atoms with Crippen LogP contribution in [0.1, 0.15) is 24.5 Å². The van der Waals surface area contributed by atoms with E-state index >= 15 is 0 Å². The van der Waals surface area contributed by atoms with Crippen LogP contribution in [0.25, 0.3) is 0 Å². The number of hydrogen-bond donors (Lipinski definition) is 1. The van der Waals surface area contributed by atoms with Gasteiger partial charge in [-0.1, -0.05) is 25.2 Å². The molecule has 0 bridgehead atoms. The standard InChI is InChI=1S/C13H20N2OS/c1-4-7-15(2)9-10-5-6-12(16-3)11(8-10)13(14)17/h5-6,8H,4,7,9H2,1-3H3,(H2,14,17). The second-order valence-corrected chi connectivity index (χ2v) is 4.58. The smallest absolute Gasteiger partial charge is 0.129 e. The Hall–Kier alpha value is -1.13. The van der Waals surface area contributed by atoms with E-state index in [0.717, 1.165) is 30.8 Å². The van der Waals surface area contributed by atoms with Crippen molar-refractivity contribution < 1.29 is 4.74 Å². The molecule has 0 atom stereocenters. The average molecular weight is 252 g/mol. The third kappa shape index (κ3) is 3.98. The van der Waals surface area contributed by atoms with Crippen LogP contribution in [0.2, 0.25) is 0 Å². The van der Waals surface area contributed by atoms with Crippen molar-refractivity contribution in [2.45, 2.75) is 19.9 Å². The Kier molecular flexibility index (Phi) is 5.38. The van der Waals surface area contributed by atoms with Gasteiger partial charge in [-0.2, -0.15) is 0 Å². The van der Waals surface area contributed by atoms with Gasteiger partial charge < -0.3 is 15.4 Å². The highest BCUT2D eigenvalue weighted by Crippen LogP contribution is 2.20. The van der Waals surface area contributed by atoms with Gasteiger partial charge in [0.1, 0.15) is 10.7 Å². The van der Waals surface area contributed by atoms with Crippen molar-refractivity contribution in [1.29, 1.82) is 0 Å². The van der Waals surface area contributed by atoms with Crippen molar-refractivity contribution in [3.63, 3.8) is 0 Å². The molecule has 94 valence electrons. The zero-order chi connectivity index (χ0) is 12.8. The van der Waals surface area contributed by atoms with Crippen molar-refractivity contribution in [2.24, 2.45) is 5.73 Å². The van der Waals surface area contributed by atoms with E-state index in [2.05, 4.69) is 18.9 Å². The highest BCUT2D eigenvalue weighted by Gasteiger charge is 2.08. The third-order valence-corrected chi connectivity index (χ3v) is 2.81. The topological polar surface area (TPSA) is 38.5 Å². The van der Waals surface area contributed by atoms with E-state index in [-0.39, 0.29) is 0 Å². The van der Waals surface area contributed by atoms with Crippen LogP contribution in [0.4, 0.5) is 0 Å². The summed E-state index contributed by atoms with van der Waals surface area (Å²) in [6.07, 6.45) is 1.15. The summed E-state index contributed by atoms with van der Waals surface area (Å²) in [5, 5.41) is 0. The highest BCUT2D eigenvalue weighted by molar-refractivity contribution is 7.80. The minimum atomic E-state index is 0.377. The van der Waals surface area contributed by atoms with Crippen LogP contribution < -0.4 is 10.5 Å². The predicted molar refractivity (Wildman–Crippen MR) is 75.5 cm³/mol. The van der Waals surface area contributed by atoms with Crippen molar-refractivity contribution in [1.82, 2.24) is 4.90 Å². The first-order valence-electron chi connectivity index (χ1n) is 5.73. The lowest BCUT2D eigenvalue weighted by Gasteiger charge is -2.16. The Morgan fingerprint density at radius 2 is 2.18 bits per heavy atom. The number of methoxy groups -OCH3 is 1. The Balaban J connectivity index is 2.88. The van der Waals surface area contributed by atoms with Gasteiger partial charge in [0.25, 0.3) is 0 Å². The summed E-state index contributed by atoms with van der Waals surface area (Å²) in [5.41, 5.74) is 7.70. The predicted octanol–water partition coefficient (Wildman–Crippen LogP) is 2.17. The maximum Gasteiger partial charge on any atom is 0.129 e. The Labute approximate surface area is 109 Å². The van der Waals surface area contributed by atoms with Gasteiger partial charge in [0.2, 0.25) is 0 Å². The molecule has 3 nitrogen and oxygen atoms in total. The zero-order valence-electron chi connectivity index (χ0n) is 10.7. The Morgan fingerprint density at radius 3 is 2.71 bits per heavy atom. The molecule has 0 aliphatic rings. The lowest BCUT2D eigenvalue weighted by molar-refractivity contribution is 0.327. The van der Waals surface area contributed by atoms with Crippen LogP contribution >= 0.6 is 12.2 Å². The van der Waals surface area contributed by atoms with Crippen LogP contribution in [0.15, 0.2) is 18.2 Å². The largest absolute Gasteiger partial charge is 0.496 e. The summed E-state index contributed by atoms with van der Waals surface area (Å²) < 4.78 is 5.23. The van der Waals surface area contributed by atoms with Gasteiger partial charge >= 0.3 is 0 Å². The van der Waals surface area contributed by atoms with E-state index in [0.29, 0.717) is 4.99 Å². The molecule has 0 aromatic heterocycles. The number of nitrogens with two attached hydrogens (primary N) is 1. The fourth-order valence-electron chi connectivity index (χ4n) is 1.82. The molecule has 17 heavy (non-hydrogen) atoms. The van der Waals surface area contributed by atoms with E-state index < -0.39 is 0 Å². The van der Waals surface area contributed by atoms with Crippen LogP contribution in [0, 0.1) is 0 Å². The second kappa shape index (κ2) is 6.57. The highest BCUT2D eigenvalue weighted by atomic mass is 32.1. The SMILES string of the molecule is CCCN(C)Cc1ccc(OC)c(C(N)=S)c1. The molecule has 2 N–H and O–H groups in total. The molecule has 0 fully saturated rings. The minimum absolute atomic E-state index is 0.377. The first kappa shape index (κ1) is 13.9. The van der Waals surface area contributed by atoms with E-state index in [1.165, 1.54) is 5.56 Å². The molecule has 0 aliphatic carbocycles. The normalized spacial score (nSPS) is 10.6. The van der Waals surface area contributed by atoms with E-state index in [4.69, 9.17) is 22.7 Å². The Bertz CT molecular complexity index is 393. The van der Waals surface area contributed by atoms with Crippen molar-refractivity contribution in [2.75, 3.05) is 20.7 Å². The van der Waals surface area contributed by atoms with Gasteiger partial charge in [0.15, 0.2) is 0 Å². The van der Waals surface area contributed by atoms with Gasteiger partial charge in [-0.05, 0) is 37.7 Å². The monoisotopic (exact) mass is 252 g/mol. The van der Waals surface area contributed by atoms with Crippen LogP contribution in [-0.2, 0) is 6.54 Å². The van der Waals surface area contributed by atoms with Crippen LogP contribution in [0.5, 0.6) is 5.75 Å². The lowest BCUT2D eigenvalue weighted by atomic mass is 10.1. The second-order valence-electron chi connectivity index (χ2n) is 4.14. The van der Waals surface area contributed by atoms with Gasteiger partial charge in [0.05, 0.1) is 12.7 Å². The molecular weight excluding hydrogens is 232 g/mol. The molecule has 1 aromatic rings. The van der Waals surface area contributed by atoms with E-state index in [1.807, 2.05) is 18.2 Å². The van der Waals surface area contributed by atoms with Crippen molar-refractivity contribution >= 4 is 17.2 Å². The number of benzene rings is 1. The summed E-state index contributed by atoms with van der Waals surface area (Å²) in [6, 6.07) is 5.98. The molecule has 0 heterocycles. The molecule has 1 rings (SSSR count). The molecule has 0 spiro atoms. The molecule has 0 unspecified atom stereocenters. The first-order valence-corrected chi connectivity index (χ1v) is 6.14. The fraction of sp³-hybridized carbons (Fsp3) is 0.462. The number of rotatable bonds is 6. The van der Waals surface area contributed by atoms with Gasteiger partial charge in [-0.15, -0.1) is 0 Å². The van der Waals surface area contributed by atoms with E-state index in [9.17, 15) is 0 Å². The molecule has 0 saturated carbocycles. The van der Waals surface area contributed by atoms with Crippen molar-refractivity contribution in [3.05, 3.63) is 29.3 Å². The fourth-order valence-corrected chi connectivity index (χ4v) is 1.98. The summed E-state index contributed by atoms with van der Waals surface area (Å²) in [5.74, 6) is 0.736. The molecule has 0 aliphatic heterocycles. The maximum atomic E-state index is 5.69. The lowest BCUT2D eigenvalue weighted by Crippen LogP contribution is -2.19. The summed E-state index contributed by atoms with van der Waals surface area (Å²) in [7, 11) is 3.73. The van der Waals surface area contributed by atoms with Crippen molar-refractivity contribution in [3.8, 4) is 5.75 Å².